The molecule has 0 saturated heterocycles. The fourth-order valence-electron chi connectivity index (χ4n) is 2.62. The van der Waals surface area contributed by atoms with E-state index < -0.39 is 0 Å². The maximum absolute atomic E-state index is 12.4. The Hall–Kier alpha value is -2.84. The van der Waals surface area contributed by atoms with E-state index in [1.807, 2.05) is 25.2 Å². The van der Waals surface area contributed by atoms with E-state index in [9.17, 15) is 4.79 Å². The largest absolute Gasteiger partial charge is 0.491 e. The number of hydrogen-bond donors (Lipinski definition) is 2. The second-order valence-corrected chi connectivity index (χ2v) is 7.05. The van der Waals surface area contributed by atoms with Crippen molar-refractivity contribution in [2.45, 2.75) is 26.8 Å². The summed E-state index contributed by atoms with van der Waals surface area (Å²) in [6.07, 6.45) is 3.18. The van der Waals surface area contributed by atoms with Crippen LogP contribution >= 0.6 is 11.6 Å². The third kappa shape index (κ3) is 5.84. The molecule has 3 rings (SSSR count). The first-order valence-electron chi connectivity index (χ1n) is 9.48. The number of alkyl halides is 1. The number of halogens is 1. The Kier molecular flexibility index (Phi) is 8.44. The van der Waals surface area contributed by atoms with E-state index >= 15 is 0 Å². The van der Waals surface area contributed by atoms with Crippen LogP contribution in [0.15, 0.2) is 41.1 Å². The number of anilines is 1. The number of nitrogens with zero attached hydrogens (tertiary/aromatic N) is 3. The van der Waals surface area contributed by atoms with Crippen LogP contribution in [0.1, 0.15) is 30.1 Å². The first-order chi connectivity index (χ1) is 14.3. The summed E-state index contributed by atoms with van der Waals surface area (Å²) in [5.41, 5.74) is 8.62. The lowest BCUT2D eigenvalue weighted by atomic mass is 10.1. The van der Waals surface area contributed by atoms with Crippen molar-refractivity contribution in [3.63, 3.8) is 0 Å². The Morgan fingerprint density at radius 3 is 2.60 bits per heavy atom. The first kappa shape index (κ1) is 23.4. The van der Waals surface area contributed by atoms with Crippen molar-refractivity contribution in [1.29, 1.82) is 0 Å². The summed E-state index contributed by atoms with van der Waals surface area (Å²) in [6, 6.07) is 8.84. The zero-order valence-corrected chi connectivity index (χ0v) is 18.6. The lowest BCUT2D eigenvalue weighted by molar-refractivity contribution is 0.101. The average molecular weight is 434 g/mol. The van der Waals surface area contributed by atoms with Gasteiger partial charge in [0.1, 0.15) is 18.1 Å². The molecule has 0 aliphatic rings. The van der Waals surface area contributed by atoms with E-state index in [-0.39, 0.29) is 17.6 Å². The van der Waals surface area contributed by atoms with Crippen molar-refractivity contribution >= 4 is 23.2 Å². The normalized spacial score (nSPS) is 11.6. The van der Waals surface area contributed by atoms with Gasteiger partial charge < -0.3 is 20.3 Å². The molecular weight excluding hydrogens is 406 g/mol. The van der Waals surface area contributed by atoms with Crippen molar-refractivity contribution in [3.8, 4) is 17.0 Å². The van der Waals surface area contributed by atoms with Gasteiger partial charge in [0.2, 0.25) is 0 Å². The molecule has 0 saturated carbocycles. The molecule has 3 aromatic rings. The van der Waals surface area contributed by atoms with Crippen LogP contribution in [-0.2, 0) is 7.05 Å². The number of rotatable bonds is 7. The van der Waals surface area contributed by atoms with Gasteiger partial charge in [0.15, 0.2) is 5.69 Å². The maximum Gasteiger partial charge on any atom is 0.277 e. The van der Waals surface area contributed by atoms with Crippen LogP contribution in [0.3, 0.4) is 0 Å². The van der Waals surface area contributed by atoms with Gasteiger partial charge in [-0.25, -0.2) is 0 Å². The minimum Gasteiger partial charge on any atom is -0.491 e. The second-order valence-electron chi connectivity index (χ2n) is 7.05. The fourth-order valence-corrected chi connectivity index (χ4v) is 2.62. The Bertz CT molecular complexity index is 967. The van der Waals surface area contributed by atoms with E-state index in [0.717, 1.165) is 11.3 Å². The lowest BCUT2D eigenvalue weighted by Crippen LogP contribution is -2.33. The van der Waals surface area contributed by atoms with Gasteiger partial charge in [0.25, 0.3) is 5.91 Å². The minimum absolute atomic E-state index is 0.0748. The Labute approximate surface area is 181 Å². The summed E-state index contributed by atoms with van der Waals surface area (Å²) in [7, 11) is 1.85. The molecule has 1 atom stereocenters. The summed E-state index contributed by atoms with van der Waals surface area (Å²) in [4.78, 5) is 12.4. The standard InChI is InChI=1S/C20H25N5O3.CH3Cl/c1-12(2)16(21)11-27-19-6-5-14(10-15(19)18-7-8-22-25(18)4)23-20(26)17-9-13(3)28-24-17;1-2/h5-10,12,16H,11,21H2,1-4H3,(H,23,26);1H3. The van der Waals surface area contributed by atoms with Crippen molar-refractivity contribution in [1.82, 2.24) is 14.9 Å². The van der Waals surface area contributed by atoms with Gasteiger partial charge in [-0.2, -0.15) is 5.10 Å². The number of nitrogens with two attached hydrogens (primary N) is 1. The number of carbonyl (C=O) groups is 1. The zero-order valence-electron chi connectivity index (χ0n) is 17.8. The monoisotopic (exact) mass is 433 g/mol. The van der Waals surface area contributed by atoms with E-state index in [0.29, 0.717) is 29.7 Å². The van der Waals surface area contributed by atoms with E-state index in [2.05, 4.69) is 41.0 Å². The molecule has 0 radical (unpaired) electrons. The van der Waals surface area contributed by atoms with Gasteiger partial charge in [-0.1, -0.05) is 19.0 Å². The zero-order chi connectivity index (χ0) is 22.3. The fraction of sp³-hybridized carbons (Fsp3) is 0.381. The number of carbonyl (C=O) groups excluding carboxylic acids is 1. The molecule has 3 N–H and O–H groups in total. The van der Waals surface area contributed by atoms with E-state index in [4.69, 9.17) is 15.0 Å². The highest BCUT2D eigenvalue weighted by Gasteiger charge is 2.16. The second kappa shape index (κ2) is 10.8. The highest BCUT2D eigenvalue weighted by molar-refractivity contribution is 6.15. The topological polar surface area (TPSA) is 108 Å². The van der Waals surface area contributed by atoms with Crippen LogP contribution in [0.5, 0.6) is 5.75 Å². The quantitative estimate of drug-likeness (QED) is 0.548. The Morgan fingerprint density at radius 1 is 1.30 bits per heavy atom. The van der Waals surface area contributed by atoms with Crippen molar-refractivity contribution in [2.24, 2.45) is 18.7 Å². The highest BCUT2D eigenvalue weighted by Crippen LogP contribution is 2.32. The number of ether oxygens (including phenoxy) is 1. The highest BCUT2D eigenvalue weighted by atomic mass is 35.5. The van der Waals surface area contributed by atoms with Crippen molar-refractivity contribution < 1.29 is 14.1 Å². The third-order valence-electron chi connectivity index (χ3n) is 4.48. The van der Waals surface area contributed by atoms with Crippen LogP contribution in [0.4, 0.5) is 5.69 Å². The Morgan fingerprint density at radius 2 is 2.03 bits per heavy atom. The maximum atomic E-state index is 12.4. The van der Waals surface area contributed by atoms with Crippen LogP contribution < -0.4 is 15.8 Å². The summed E-state index contributed by atoms with van der Waals surface area (Å²) >= 11 is 4.64. The van der Waals surface area contributed by atoms with Crippen LogP contribution in [0, 0.1) is 12.8 Å². The number of benzene rings is 1. The minimum atomic E-state index is -0.344. The number of aryl methyl sites for hydroxylation is 2. The summed E-state index contributed by atoms with van der Waals surface area (Å²) in [5, 5.41) is 10.8. The van der Waals surface area contributed by atoms with Crippen LogP contribution in [0.25, 0.3) is 11.3 Å². The van der Waals surface area contributed by atoms with Gasteiger partial charge in [-0.3, -0.25) is 9.48 Å². The predicted molar refractivity (Wildman–Crippen MR) is 118 cm³/mol. The van der Waals surface area contributed by atoms with Crippen LogP contribution in [-0.4, -0.2) is 39.9 Å². The molecule has 1 aromatic carbocycles. The van der Waals surface area contributed by atoms with Gasteiger partial charge in [-0.15, -0.1) is 11.6 Å². The SMILES string of the molecule is CCl.Cc1cc(C(=O)Nc2ccc(OCC(N)C(C)C)c(-c3ccnn3C)c2)no1. The number of hydrogen-bond acceptors (Lipinski definition) is 6. The third-order valence-corrected chi connectivity index (χ3v) is 4.48. The lowest BCUT2D eigenvalue weighted by Gasteiger charge is -2.19. The molecule has 9 heteroatoms. The van der Waals surface area contributed by atoms with E-state index in [1.54, 1.807) is 29.9 Å². The number of aromatic nitrogens is 3. The first-order valence-corrected chi connectivity index (χ1v) is 10.2. The molecule has 2 heterocycles. The van der Waals surface area contributed by atoms with Gasteiger partial charge in [-0.05, 0) is 37.1 Å². The molecule has 1 amide bonds. The van der Waals surface area contributed by atoms with Crippen LogP contribution in [0.2, 0.25) is 0 Å². The molecule has 0 aliphatic heterocycles. The van der Waals surface area contributed by atoms with Gasteiger partial charge >= 0.3 is 0 Å². The summed E-state index contributed by atoms with van der Waals surface area (Å²) in [5.74, 6) is 1.22. The van der Waals surface area contributed by atoms with E-state index in [1.165, 1.54) is 6.38 Å². The summed E-state index contributed by atoms with van der Waals surface area (Å²) < 4.78 is 12.7. The van der Waals surface area contributed by atoms with Crippen molar-refractivity contribution in [3.05, 3.63) is 48.0 Å². The molecule has 0 aliphatic carbocycles. The molecule has 8 nitrogen and oxygen atoms in total. The molecule has 30 heavy (non-hydrogen) atoms. The number of nitrogens with one attached hydrogen (secondary N) is 1. The average Bonchev–Trinajstić information content (AvgIpc) is 3.36. The molecule has 0 spiro atoms. The molecule has 1 unspecified atom stereocenters. The molecular formula is C21H28ClN5O3. The molecule has 0 bridgehead atoms. The predicted octanol–water partition coefficient (Wildman–Crippen LogP) is 3.85. The Balaban J connectivity index is 0.00000155. The van der Waals surface area contributed by atoms with Crippen molar-refractivity contribution in [2.75, 3.05) is 18.3 Å². The van der Waals surface area contributed by atoms with Gasteiger partial charge in [0.05, 0.1) is 5.69 Å². The molecule has 0 fully saturated rings. The molecule has 162 valence electrons. The molecule has 2 aromatic heterocycles. The smallest absolute Gasteiger partial charge is 0.277 e. The number of amides is 1. The van der Waals surface area contributed by atoms with Gasteiger partial charge in [0, 0.05) is 43.0 Å². The summed E-state index contributed by atoms with van der Waals surface area (Å²) in [6.45, 7) is 6.24.